The van der Waals surface area contributed by atoms with Crippen molar-refractivity contribution in [1.82, 2.24) is 4.83 Å². The normalized spacial score (nSPS) is 28.9. The largest absolute Gasteiger partial charge is 0.258 e. The third-order valence-electron chi connectivity index (χ3n) is 1.79. The smallest absolute Gasteiger partial charge is 0.228 e. The average Bonchev–Trinajstić information content (AvgIpc) is 2.31. The fourth-order valence-electron chi connectivity index (χ4n) is 1.10. The number of nitrogens with two attached hydrogens (primary N) is 1. The predicted molar refractivity (Wildman–Crippen MR) is 43.3 cm³/mol. The Morgan fingerprint density at radius 1 is 1.42 bits per heavy atom. The fraction of sp³-hybridized carbons (Fsp3) is 1.00. The van der Waals surface area contributed by atoms with Gasteiger partial charge >= 0.3 is 0 Å². The molecule has 1 aliphatic rings. The summed E-state index contributed by atoms with van der Waals surface area (Å²) < 4.78 is 43.7. The molecule has 6 nitrogen and oxygen atoms in total. The minimum atomic E-state index is -3.62. The molecule has 8 heteroatoms. The molecule has 1 heterocycles. The van der Waals surface area contributed by atoms with Gasteiger partial charge in [-0.2, -0.15) is 4.83 Å². The Bertz CT molecular complexity index is 357. The van der Waals surface area contributed by atoms with Gasteiger partial charge in [0.05, 0.1) is 16.8 Å². The molecule has 0 aliphatic carbocycles. The minimum absolute atomic E-state index is 0.0709. The van der Waals surface area contributed by atoms with E-state index < -0.39 is 25.1 Å². The van der Waals surface area contributed by atoms with E-state index in [1.54, 1.807) is 4.83 Å². The first-order chi connectivity index (χ1) is 5.37. The Kier molecular flexibility index (Phi) is 2.43. The van der Waals surface area contributed by atoms with Crippen LogP contribution in [0.2, 0.25) is 0 Å². The molecule has 0 bridgehead atoms. The number of sulfonamides is 1. The molecule has 1 atom stereocenters. The lowest BCUT2D eigenvalue weighted by Gasteiger charge is -2.06. The zero-order valence-electron chi connectivity index (χ0n) is 6.23. The quantitative estimate of drug-likeness (QED) is 0.407. The van der Waals surface area contributed by atoms with Crippen LogP contribution in [0.15, 0.2) is 0 Å². The summed E-state index contributed by atoms with van der Waals surface area (Å²) in [4.78, 5) is 1.63. The van der Waals surface area contributed by atoms with Gasteiger partial charge in [0.2, 0.25) is 10.0 Å². The number of rotatable bonds is 2. The molecule has 1 aliphatic heterocycles. The second kappa shape index (κ2) is 2.95. The van der Waals surface area contributed by atoms with Gasteiger partial charge in [0.25, 0.3) is 0 Å². The summed E-state index contributed by atoms with van der Waals surface area (Å²) in [5, 5.41) is -0.882. The van der Waals surface area contributed by atoms with Crippen LogP contribution in [0.4, 0.5) is 0 Å². The molecule has 1 fully saturated rings. The van der Waals surface area contributed by atoms with E-state index in [-0.39, 0.29) is 17.9 Å². The van der Waals surface area contributed by atoms with Crippen LogP contribution in [0.5, 0.6) is 0 Å². The van der Waals surface area contributed by atoms with E-state index in [2.05, 4.69) is 0 Å². The summed E-state index contributed by atoms with van der Waals surface area (Å²) in [5.41, 5.74) is 0. The van der Waals surface area contributed by atoms with Gasteiger partial charge in [-0.05, 0) is 6.42 Å². The third kappa shape index (κ3) is 1.94. The molecule has 1 rings (SSSR count). The van der Waals surface area contributed by atoms with Crippen molar-refractivity contribution in [3.8, 4) is 0 Å². The lowest BCUT2D eigenvalue weighted by molar-refractivity contribution is 0.570. The SMILES string of the molecule is NNS(=O)(=O)C1CCS(=O)(=O)C1. The molecule has 0 saturated carbocycles. The Morgan fingerprint density at radius 3 is 2.33 bits per heavy atom. The number of hydrogen-bond donors (Lipinski definition) is 2. The van der Waals surface area contributed by atoms with Gasteiger partial charge in [-0.3, -0.25) is 5.84 Å². The maximum Gasteiger partial charge on any atom is 0.228 e. The molecule has 1 saturated heterocycles. The molecule has 0 radical (unpaired) electrons. The zero-order chi connectivity index (χ0) is 9.41. The van der Waals surface area contributed by atoms with Crippen LogP contribution in [-0.4, -0.2) is 33.6 Å². The van der Waals surface area contributed by atoms with Crippen molar-refractivity contribution in [2.45, 2.75) is 11.7 Å². The van der Waals surface area contributed by atoms with Crippen molar-refractivity contribution < 1.29 is 16.8 Å². The Morgan fingerprint density at radius 2 is 2.00 bits per heavy atom. The van der Waals surface area contributed by atoms with Crippen LogP contribution in [0, 0.1) is 0 Å². The minimum Gasteiger partial charge on any atom is -0.258 e. The Hall–Kier alpha value is -0.180. The van der Waals surface area contributed by atoms with Crippen molar-refractivity contribution in [2.24, 2.45) is 5.84 Å². The molecule has 0 amide bonds. The van der Waals surface area contributed by atoms with Gasteiger partial charge in [0, 0.05) is 0 Å². The molecule has 0 aromatic heterocycles. The first kappa shape index (κ1) is 9.90. The van der Waals surface area contributed by atoms with E-state index >= 15 is 0 Å². The average molecular weight is 214 g/mol. The standard InChI is InChI=1S/C4H10N2O4S2/c5-6-12(9,10)4-1-2-11(7,8)3-4/h4,6H,1-3,5H2. The second-order valence-electron chi connectivity index (χ2n) is 2.69. The second-order valence-corrected chi connectivity index (χ2v) is 6.91. The van der Waals surface area contributed by atoms with Gasteiger partial charge in [0.15, 0.2) is 9.84 Å². The van der Waals surface area contributed by atoms with Crippen molar-refractivity contribution >= 4 is 19.9 Å². The molecule has 0 spiro atoms. The molecule has 12 heavy (non-hydrogen) atoms. The van der Waals surface area contributed by atoms with Crippen molar-refractivity contribution in [2.75, 3.05) is 11.5 Å². The van der Waals surface area contributed by atoms with Crippen LogP contribution in [-0.2, 0) is 19.9 Å². The number of hydrogen-bond acceptors (Lipinski definition) is 5. The molecule has 0 aromatic carbocycles. The highest BCUT2D eigenvalue weighted by molar-refractivity contribution is 7.95. The summed E-state index contributed by atoms with van der Waals surface area (Å²) in [5.74, 6) is 4.35. The zero-order valence-corrected chi connectivity index (χ0v) is 7.86. The fourth-order valence-corrected chi connectivity index (χ4v) is 4.75. The van der Waals surface area contributed by atoms with E-state index in [1.807, 2.05) is 0 Å². The van der Waals surface area contributed by atoms with Crippen molar-refractivity contribution in [3.63, 3.8) is 0 Å². The van der Waals surface area contributed by atoms with Gasteiger partial charge in [-0.25, -0.2) is 16.8 Å². The van der Waals surface area contributed by atoms with E-state index in [1.165, 1.54) is 0 Å². The van der Waals surface area contributed by atoms with Crippen molar-refractivity contribution in [3.05, 3.63) is 0 Å². The van der Waals surface area contributed by atoms with Crippen LogP contribution in [0.25, 0.3) is 0 Å². The first-order valence-corrected chi connectivity index (χ1v) is 6.66. The lowest BCUT2D eigenvalue weighted by atomic mass is 10.4. The Balaban J connectivity index is 2.85. The van der Waals surface area contributed by atoms with E-state index in [9.17, 15) is 16.8 Å². The van der Waals surface area contributed by atoms with Gasteiger partial charge < -0.3 is 0 Å². The molecule has 3 N–H and O–H groups in total. The third-order valence-corrected chi connectivity index (χ3v) is 5.38. The van der Waals surface area contributed by atoms with E-state index in [0.717, 1.165) is 0 Å². The topological polar surface area (TPSA) is 106 Å². The summed E-state index contributed by atoms with van der Waals surface area (Å²) in [7, 11) is -6.78. The highest BCUT2D eigenvalue weighted by atomic mass is 32.2. The van der Waals surface area contributed by atoms with Crippen LogP contribution < -0.4 is 10.7 Å². The van der Waals surface area contributed by atoms with Crippen molar-refractivity contribution in [1.29, 1.82) is 0 Å². The highest BCUT2D eigenvalue weighted by Gasteiger charge is 2.36. The lowest BCUT2D eigenvalue weighted by Crippen LogP contribution is -2.39. The summed E-state index contributed by atoms with van der Waals surface area (Å²) in [6.45, 7) is 0. The molecular formula is C4H10N2O4S2. The number of hydrazine groups is 1. The molecule has 72 valence electrons. The maximum atomic E-state index is 11.0. The van der Waals surface area contributed by atoms with Gasteiger partial charge in [0.1, 0.15) is 0 Å². The van der Waals surface area contributed by atoms with Gasteiger partial charge in [-0.1, -0.05) is 0 Å². The monoisotopic (exact) mass is 214 g/mol. The maximum absolute atomic E-state index is 11.0. The van der Waals surface area contributed by atoms with Crippen LogP contribution in [0.3, 0.4) is 0 Å². The van der Waals surface area contributed by atoms with Crippen LogP contribution in [0.1, 0.15) is 6.42 Å². The summed E-state index contributed by atoms with van der Waals surface area (Å²) >= 11 is 0. The molecular weight excluding hydrogens is 204 g/mol. The summed E-state index contributed by atoms with van der Waals surface area (Å²) in [6, 6.07) is 0. The van der Waals surface area contributed by atoms with Crippen LogP contribution >= 0.6 is 0 Å². The first-order valence-electron chi connectivity index (χ1n) is 3.29. The van der Waals surface area contributed by atoms with E-state index in [0.29, 0.717) is 0 Å². The molecule has 1 unspecified atom stereocenters. The number of sulfone groups is 1. The van der Waals surface area contributed by atoms with Gasteiger partial charge in [-0.15, -0.1) is 0 Å². The Labute approximate surface area is 71.1 Å². The summed E-state index contributed by atoms with van der Waals surface area (Å²) in [6.07, 6.45) is 0.134. The predicted octanol–water partition coefficient (Wildman–Crippen LogP) is -2.03. The molecule has 0 aromatic rings. The highest BCUT2D eigenvalue weighted by Crippen LogP contribution is 2.17. The number of nitrogens with one attached hydrogen (secondary N) is 1. The van der Waals surface area contributed by atoms with E-state index in [4.69, 9.17) is 5.84 Å².